The van der Waals surface area contributed by atoms with Crippen LogP contribution in [-0.4, -0.2) is 5.11 Å². The fourth-order valence-electron chi connectivity index (χ4n) is 1.41. The minimum Gasteiger partial charge on any atom is -0.453 e. The highest BCUT2D eigenvalue weighted by Crippen LogP contribution is 2.32. The molecule has 2 aromatic carbocycles. The molecule has 0 aliphatic carbocycles. The van der Waals surface area contributed by atoms with Crippen LogP contribution >= 0.6 is 11.6 Å². The Labute approximate surface area is 107 Å². The smallest absolute Gasteiger partial charge is 0.201 e. The van der Waals surface area contributed by atoms with Gasteiger partial charge in [0.15, 0.2) is 11.6 Å². The van der Waals surface area contributed by atoms with Crippen LogP contribution in [0.1, 0.15) is 5.56 Å². The maximum Gasteiger partial charge on any atom is 0.201 e. The third kappa shape index (κ3) is 2.60. The van der Waals surface area contributed by atoms with E-state index in [2.05, 4.69) is 0 Å². The number of aliphatic hydroxyl groups is 1. The van der Waals surface area contributed by atoms with Crippen molar-refractivity contribution in [2.24, 2.45) is 0 Å². The molecule has 0 unspecified atom stereocenters. The van der Waals surface area contributed by atoms with Crippen molar-refractivity contribution in [1.82, 2.24) is 0 Å². The molecule has 18 heavy (non-hydrogen) atoms. The highest BCUT2D eigenvalue weighted by atomic mass is 35.5. The Balaban J connectivity index is 2.31. The fraction of sp³-hybridized carbons (Fsp3) is 0.0769. The molecule has 0 fully saturated rings. The molecule has 94 valence electrons. The second-order valence-electron chi connectivity index (χ2n) is 3.58. The zero-order chi connectivity index (χ0) is 13.1. The van der Waals surface area contributed by atoms with Crippen LogP contribution in [0.5, 0.6) is 11.5 Å². The van der Waals surface area contributed by atoms with Crippen molar-refractivity contribution in [3.05, 3.63) is 58.6 Å². The van der Waals surface area contributed by atoms with Gasteiger partial charge in [-0.15, -0.1) is 0 Å². The molecule has 2 aromatic rings. The molecule has 0 amide bonds. The summed E-state index contributed by atoms with van der Waals surface area (Å²) >= 11 is 5.90. The average Bonchev–Trinajstić information content (AvgIpc) is 2.37. The summed E-state index contributed by atoms with van der Waals surface area (Å²) in [6.07, 6.45) is 0. The van der Waals surface area contributed by atoms with Crippen molar-refractivity contribution in [2.45, 2.75) is 6.61 Å². The van der Waals surface area contributed by atoms with Crippen LogP contribution in [0.25, 0.3) is 0 Å². The molecule has 0 aliphatic rings. The van der Waals surface area contributed by atoms with Gasteiger partial charge in [-0.3, -0.25) is 0 Å². The Morgan fingerprint density at radius 2 is 1.89 bits per heavy atom. The summed E-state index contributed by atoms with van der Waals surface area (Å²) in [5.41, 5.74) is 0.604. The standard InChI is InChI=1S/C13H9ClF2O2/c14-9-6-8(7-17)4-5-11(9)18-12-3-1-2-10(15)13(12)16/h1-6,17H,7H2. The van der Waals surface area contributed by atoms with Gasteiger partial charge in [-0.05, 0) is 29.8 Å². The van der Waals surface area contributed by atoms with Crippen LogP contribution in [0.3, 0.4) is 0 Å². The molecule has 0 radical (unpaired) electrons. The second kappa shape index (κ2) is 5.33. The van der Waals surface area contributed by atoms with E-state index < -0.39 is 11.6 Å². The molecule has 0 saturated heterocycles. The minimum absolute atomic E-state index is 0.158. The quantitative estimate of drug-likeness (QED) is 0.916. The third-order valence-electron chi connectivity index (χ3n) is 2.31. The number of halogens is 3. The summed E-state index contributed by atoms with van der Waals surface area (Å²) in [5, 5.41) is 9.13. The van der Waals surface area contributed by atoms with Crippen molar-refractivity contribution in [2.75, 3.05) is 0 Å². The summed E-state index contributed by atoms with van der Waals surface area (Å²) in [6.45, 7) is -0.158. The Bertz CT molecular complexity index is 573. The van der Waals surface area contributed by atoms with Crippen molar-refractivity contribution in [3.8, 4) is 11.5 Å². The lowest BCUT2D eigenvalue weighted by molar-refractivity contribution is 0.281. The highest BCUT2D eigenvalue weighted by Gasteiger charge is 2.11. The van der Waals surface area contributed by atoms with Crippen molar-refractivity contribution in [1.29, 1.82) is 0 Å². The molecule has 0 aromatic heterocycles. The van der Waals surface area contributed by atoms with Gasteiger partial charge in [-0.1, -0.05) is 23.7 Å². The maximum atomic E-state index is 13.4. The topological polar surface area (TPSA) is 29.5 Å². The monoisotopic (exact) mass is 270 g/mol. The number of hydrogen-bond acceptors (Lipinski definition) is 2. The summed E-state index contributed by atoms with van der Waals surface area (Å²) in [7, 11) is 0. The van der Waals surface area contributed by atoms with Crippen LogP contribution in [0.2, 0.25) is 5.02 Å². The molecule has 0 heterocycles. The van der Waals surface area contributed by atoms with Crippen molar-refractivity contribution < 1.29 is 18.6 Å². The summed E-state index contributed by atoms with van der Waals surface area (Å²) in [5.74, 6) is -2.11. The first-order chi connectivity index (χ1) is 8.61. The Kier molecular flexibility index (Phi) is 3.79. The Morgan fingerprint density at radius 3 is 2.56 bits per heavy atom. The van der Waals surface area contributed by atoms with E-state index in [9.17, 15) is 8.78 Å². The molecule has 2 nitrogen and oxygen atoms in total. The molecule has 1 N–H and O–H groups in total. The van der Waals surface area contributed by atoms with Gasteiger partial charge >= 0.3 is 0 Å². The van der Waals surface area contributed by atoms with E-state index in [1.807, 2.05) is 0 Å². The Morgan fingerprint density at radius 1 is 1.11 bits per heavy atom. The van der Waals surface area contributed by atoms with Gasteiger partial charge in [0.2, 0.25) is 5.82 Å². The molecule has 0 saturated carbocycles. The van der Waals surface area contributed by atoms with Gasteiger partial charge in [0.25, 0.3) is 0 Å². The van der Waals surface area contributed by atoms with Crippen LogP contribution in [0.4, 0.5) is 8.78 Å². The molecule has 0 bridgehead atoms. The molecule has 0 atom stereocenters. The molecule has 0 aliphatic heterocycles. The molecule has 0 spiro atoms. The fourth-order valence-corrected chi connectivity index (χ4v) is 1.65. The molecule has 5 heteroatoms. The van der Waals surface area contributed by atoms with Crippen LogP contribution in [0, 0.1) is 11.6 Å². The second-order valence-corrected chi connectivity index (χ2v) is 3.98. The van der Waals surface area contributed by atoms with Crippen LogP contribution in [0.15, 0.2) is 36.4 Å². The molecular weight excluding hydrogens is 262 g/mol. The highest BCUT2D eigenvalue weighted by molar-refractivity contribution is 6.32. The third-order valence-corrected chi connectivity index (χ3v) is 2.61. The molecule has 2 rings (SSSR count). The number of benzene rings is 2. The van der Waals surface area contributed by atoms with Crippen molar-refractivity contribution in [3.63, 3.8) is 0 Å². The van der Waals surface area contributed by atoms with E-state index in [1.165, 1.54) is 24.3 Å². The first-order valence-electron chi connectivity index (χ1n) is 5.13. The van der Waals surface area contributed by atoms with E-state index in [4.69, 9.17) is 21.4 Å². The van der Waals surface area contributed by atoms with E-state index in [1.54, 1.807) is 6.07 Å². The van der Waals surface area contributed by atoms with E-state index in [0.29, 0.717) is 5.56 Å². The van der Waals surface area contributed by atoms with Gasteiger partial charge in [-0.2, -0.15) is 4.39 Å². The van der Waals surface area contributed by atoms with Crippen molar-refractivity contribution >= 4 is 11.6 Å². The van der Waals surface area contributed by atoms with E-state index in [0.717, 1.165) is 6.07 Å². The minimum atomic E-state index is -1.07. The summed E-state index contributed by atoms with van der Waals surface area (Å²) in [4.78, 5) is 0. The lowest BCUT2D eigenvalue weighted by Gasteiger charge is -2.09. The predicted molar refractivity (Wildman–Crippen MR) is 63.8 cm³/mol. The number of ether oxygens (including phenoxy) is 1. The number of hydrogen-bond donors (Lipinski definition) is 1. The first kappa shape index (κ1) is 12.8. The SMILES string of the molecule is OCc1ccc(Oc2cccc(F)c2F)c(Cl)c1. The number of aliphatic hydroxyl groups excluding tert-OH is 1. The van der Waals surface area contributed by atoms with E-state index >= 15 is 0 Å². The van der Waals surface area contributed by atoms with Gasteiger partial charge in [0.05, 0.1) is 11.6 Å². The Hall–Kier alpha value is -1.65. The van der Waals surface area contributed by atoms with Crippen LogP contribution in [-0.2, 0) is 6.61 Å². The van der Waals surface area contributed by atoms with Crippen LogP contribution < -0.4 is 4.74 Å². The number of rotatable bonds is 3. The zero-order valence-electron chi connectivity index (χ0n) is 9.16. The predicted octanol–water partition coefficient (Wildman–Crippen LogP) is 3.90. The first-order valence-corrected chi connectivity index (χ1v) is 5.50. The summed E-state index contributed by atoms with van der Waals surface area (Å²) < 4.78 is 31.6. The van der Waals surface area contributed by atoms with Gasteiger partial charge < -0.3 is 9.84 Å². The van der Waals surface area contributed by atoms with Gasteiger partial charge in [-0.25, -0.2) is 4.39 Å². The maximum absolute atomic E-state index is 13.4. The normalized spacial score (nSPS) is 10.4. The largest absolute Gasteiger partial charge is 0.453 e. The lowest BCUT2D eigenvalue weighted by Crippen LogP contribution is -1.93. The van der Waals surface area contributed by atoms with Gasteiger partial charge in [0, 0.05) is 0 Å². The van der Waals surface area contributed by atoms with E-state index in [-0.39, 0.29) is 23.1 Å². The average molecular weight is 271 g/mol. The zero-order valence-corrected chi connectivity index (χ0v) is 9.92. The van der Waals surface area contributed by atoms with Gasteiger partial charge in [0.1, 0.15) is 5.75 Å². The molecular formula is C13H9ClF2O2. The summed E-state index contributed by atoms with van der Waals surface area (Å²) in [6, 6.07) is 8.20. The lowest BCUT2D eigenvalue weighted by atomic mass is 10.2.